The standard InChI is InChI=1S/C19H19F3N4O3/c1-3-8-24-17(27)16-13(9-23)29-18(26-16)11-4-6-12(28-2)15-10(11)5-7-14(25-15)19(20,21)22/h4-7H,3,8-9,23H2,1-2H3,(H,24,27). The number of amides is 1. The number of aromatic nitrogens is 2. The average molecular weight is 408 g/mol. The fraction of sp³-hybridized carbons (Fsp3) is 0.316. The molecule has 2 aromatic heterocycles. The number of alkyl halides is 3. The van der Waals surface area contributed by atoms with Crippen LogP contribution in [0, 0.1) is 0 Å². The maximum absolute atomic E-state index is 13.1. The van der Waals surface area contributed by atoms with E-state index in [0.29, 0.717) is 17.5 Å². The number of nitrogens with zero attached hydrogens (tertiary/aromatic N) is 2. The molecule has 0 saturated carbocycles. The molecule has 0 spiro atoms. The lowest BCUT2D eigenvalue weighted by Gasteiger charge is -2.11. The van der Waals surface area contributed by atoms with Gasteiger partial charge in [-0.1, -0.05) is 6.92 Å². The lowest BCUT2D eigenvalue weighted by atomic mass is 10.1. The van der Waals surface area contributed by atoms with Crippen molar-refractivity contribution in [3.8, 4) is 17.2 Å². The van der Waals surface area contributed by atoms with Crippen molar-refractivity contribution in [2.45, 2.75) is 26.1 Å². The molecule has 0 atom stereocenters. The Morgan fingerprint density at radius 1 is 1.24 bits per heavy atom. The summed E-state index contributed by atoms with van der Waals surface area (Å²) in [5, 5.41) is 3.03. The molecule has 10 heteroatoms. The summed E-state index contributed by atoms with van der Waals surface area (Å²) in [7, 11) is 1.34. The second-order valence-corrected chi connectivity index (χ2v) is 6.16. The van der Waals surface area contributed by atoms with Gasteiger partial charge >= 0.3 is 6.18 Å². The Morgan fingerprint density at radius 3 is 2.62 bits per heavy atom. The molecular weight excluding hydrogens is 389 g/mol. The predicted molar refractivity (Wildman–Crippen MR) is 99.3 cm³/mol. The van der Waals surface area contributed by atoms with Gasteiger partial charge in [0.2, 0.25) is 5.89 Å². The molecule has 0 bridgehead atoms. The summed E-state index contributed by atoms with van der Waals surface area (Å²) in [5.41, 5.74) is 5.03. The smallest absolute Gasteiger partial charge is 0.433 e. The van der Waals surface area contributed by atoms with Gasteiger partial charge in [0, 0.05) is 17.5 Å². The third-order valence-corrected chi connectivity index (χ3v) is 4.19. The summed E-state index contributed by atoms with van der Waals surface area (Å²) in [6.45, 7) is 2.30. The highest BCUT2D eigenvalue weighted by atomic mass is 19.4. The van der Waals surface area contributed by atoms with Crippen molar-refractivity contribution in [1.29, 1.82) is 0 Å². The number of halogens is 3. The minimum atomic E-state index is -4.60. The summed E-state index contributed by atoms with van der Waals surface area (Å²) in [6, 6.07) is 5.18. The van der Waals surface area contributed by atoms with Gasteiger partial charge in [-0.15, -0.1) is 0 Å². The zero-order valence-electron chi connectivity index (χ0n) is 15.8. The van der Waals surface area contributed by atoms with Gasteiger partial charge in [0.25, 0.3) is 5.91 Å². The largest absolute Gasteiger partial charge is 0.494 e. The molecule has 3 aromatic rings. The Kier molecular flexibility index (Phi) is 5.73. The molecule has 0 aliphatic carbocycles. The number of ether oxygens (including phenoxy) is 1. The Morgan fingerprint density at radius 2 is 2.00 bits per heavy atom. The van der Waals surface area contributed by atoms with Gasteiger partial charge in [-0.05, 0) is 30.7 Å². The van der Waals surface area contributed by atoms with Crippen LogP contribution in [0.5, 0.6) is 5.75 Å². The second-order valence-electron chi connectivity index (χ2n) is 6.16. The molecule has 3 rings (SSSR count). The molecule has 2 heterocycles. The zero-order chi connectivity index (χ0) is 21.2. The van der Waals surface area contributed by atoms with E-state index in [1.165, 1.54) is 19.2 Å². The molecule has 1 amide bonds. The Labute approximate surface area is 164 Å². The first kappa shape index (κ1) is 20.6. The number of fused-ring (bicyclic) bond motifs is 1. The van der Waals surface area contributed by atoms with Gasteiger partial charge in [0.1, 0.15) is 17.0 Å². The molecule has 29 heavy (non-hydrogen) atoms. The highest BCUT2D eigenvalue weighted by Crippen LogP contribution is 2.36. The summed E-state index contributed by atoms with van der Waals surface area (Å²) in [6.07, 6.45) is -3.86. The first-order valence-corrected chi connectivity index (χ1v) is 8.83. The number of hydrogen-bond acceptors (Lipinski definition) is 6. The molecule has 0 aliphatic rings. The quantitative estimate of drug-likeness (QED) is 0.647. The molecule has 0 unspecified atom stereocenters. The monoisotopic (exact) mass is 408 g/mol. The van der Waals surface area contributed by atoms with Crippen molar-refractivity contribution in [3.05, 3.63) is 41.4 Å². The van der Waals surface area contributed by atoms with Crippen LogP contribution in [-0.4, -0.2) is 29.5 Å². The maximum atomic E-state index is 13.1. The molecular formula is C19H19F3N4O3. The van der Waals surface area contributed by atoms with Crippen molar-refractivity contribution in [3.63, 3.8) is 0 Å². The number of nitrogens with one attached hydrogen (secondary N) is 1. The predicted octanol–water partition coefficient (Wildman–Crippen LogP) is 3.52. The number of oxazole rings is 1. The number of pyridine rings is 1. The van der Waals surface area contributed by atoms with Gasteiger partial charge < -0.3 is 20.2 Å². The van der Waals surface area contributed by atoms with Gasteiger partial charge in [0.05, 0.1) is 13.7 Å². The van der Waals surface area contributed by atoms with Gasteiger partial charge in [-0.2, -0.15) is 13.2 Å². The summed E-state index contributed by atoms with van der Waals surface area (Å²) >= 11 is 0. The molecule has 154 valence electrons. The SMILES string of the molecule is CCCNC(=O)c1nc(-c2ccc(OC)c3nc(C(F)(F)F)ccc23)oc1CN. The van der Waals surface area contributed by atoms with Crippen molar-refractivity contribution in [1.82, 2.24) is 15.3 Å². The van der Waals surface area contributed by atoms with Crippen molar-refractivity contribution in [2.75, 3.05) is 13.7 Å². The highest BCUT2D eigenvalue weighted by molar-refractivity contribution is 5.98. The third-order valence-electron chi connectivity index (χ3n) is 4.19. The average Bonchev–Trinajstić information content (AvgIpc) is 3.14. The van der Waals surface area contributed by atoms with E-state index in [1.807, 2.05) is 6.92 Å². The number of carbonyl (C=O) groups is 1. The number of methoxy groups -OCH3 is 1. The summed E-state index contributed by atoms with van der Waals surface area (Å²) in [4.78, 5) is 20.2. The van der Waals surface area contributed by atoms with Crippen LogP contribution in [0.4, 0.5) is 13.2 Å². The van der Waals surface area contributed by atoms with Gasteiger partial charge in [0.15, 0.2) is 11.5 Å². The van der Waals surface area contributed by atoms with Crippen LogP contribution in [0.1, 0.15) is 35.3 Å². The number of hydrogen-bond donors (Lipinski definition) is 2. The number of benzene rings is 1. The molecule has 3 N–H and O–H groups in total. The first-order valence-electron chi connectivity index (χ1n) is 8.83. The van der Waals surface area contributed by atoms with Gasteiger partial charge in [-0.3, -0.25) is 4.79 Å². The summed E-state index contributed by atoms with van der Waals surface area (Å²) < 4.78 is 50.0. The maximum Gasteiger partial charge on any atom is 0.433 e. The minimum Gasteiger partial charge on any atom is -0.494 e. The van der Waals surface area contributed by atoms with Crippen LogP contribution in [0.15, 0.2) is 28.7 Å². The van der Waals surface area contributed by atoms with E-state index < -0.39 is 17.8 Å². The Hall–Kier alpha value is -3.14. The summed E-state index contributed by atoms with van der Waals surface area (Å²) in [5.74, 6) is -0.0299. The van der Waals surface area contributed by atoms with E-state index in [4.69, 9.17) is 14.9 Å². The second kappa shape index (κ2) is 8.08. The molecule has 0 radical (unpaired) electrons. The third kappa shape index (κ3) is 4.02. The van der Waals surface area contributed by atoms with Crippen molar-refractivity contribution >= 4 is 16.8 Å². The highest BCUT2D eigenvalue weighted by Gasteiger charge is 2.33. The van der Waals surface area contributed by atoms with E-state index in [0.717, 1.165) is 12.5 Å². The van der Waals surface area contributed by atoms with Crippen LogP contribution < -0.4 is 15.8 Å². The van der Waals surface area contributed by atoms with Crippen molar-refractivity contribution < 1.29 is 27.1 Å². The van der Waals surface area contributed by atoms with Crippen molar-refractivity contribution in [2.24, 2.45) is 5.73 Å². The van der Waals surface area contributed by atoms with Crippen LogP contribution in [-0.2, 0) is 12.7 Å². The molecule has 7 nitrogen and oxygen atoms in total. The molecule has 1 aromatic carbocycles. The van der Waals surface area contributed by atoms with Crippen LogP contribution in [0.3, 0.4) is 0 Å². The fourth-order valence-electron chi connectivity index (χ4n) is 2.81. The molecule has 0 saturated heterocycles. The van der Waals surface area contributed by atoms with Crippen LogP contribution in [0.25, 0.3) is 22.4 Å². The van der Waals surface area contributed by atoms with Crippen LogP contribution in [0.2, 0.25) is 0 Å². The normalized spacial score (nSPS) is 11.7. The number of nitrogens with two attached hydrogens (primary N) is 1. The lowest BCUT2D eigenvalue weighted by molar-refractivity contribution is -0.140. The lowest BCUT2D eigenvalue weighted by Crippen LogP contribution is -2.25. The Bertz CT molecular complexity index is 1050. The fourth-order valence-corrected chi connectivity index (χ4v) is 2.81. The van der Waals surface area contributed by atoms with E-state index >= 15 is 0 Å². The Balaban J connectivity index is 2.15. The number of carbonyl (C=O) groups excluding carboxylic acids is 1. The first-order chi connectivity index (χ1) is 13.8. The number of rotatable bonds is 6. The van der Waals surface area contributed by atoms with E-state index in [-0.39, 0.29) is 35.2 Å². The van der Waals surface area contributed by atoms with Crippen LogP contribution >= 0.6 is 0 Å². The van der Waals surface area contributed by atoms with E-state index in [9.17, 15) is 18.0 Å². The molecule has 0 fully saturated rings. The molecule has 0 aliphatic heterocycles. The minimum absolute atomic E-state index is 0.00399. The zero-order valence-corrected chi connectivity index (χ0v) is 15.8. The van der Waals surface area contributed by atoms with Gasteiger partial charge in [-0.25, -0.2) is 9.97 Å². The topological polar surface area (TPSA) is 103 Å². The van der Waals surface area contributed by atoms with E-state index in [1.54, 1.807) is 6.07 Å². The van der Waals surface area contributed by atoms with E-state index in [2.05, 4.69) is 15.3 Å².